The Bertz CT molecular complexity index is 864. The van der Waals surface area contributed by atoms with Gasteiger partial charge in [-0.1, -0.05) is 54.1 Å². The van der Waals surface area contributed by atoms with Gasteiger partial charge in [0.1, 0.15) is 0 Å². The van der Waals surface area contributed by atoms with Crippen molar-refractivity contribution in [1.29, 1.82) is 0 Å². The predicted octanol–water partition coefficient (Wildman–Crippen LogP) is 2.95. The summed E-state index contributed by atoms with van der Waals surface area (Å²) in [4.78, 5) is 26.6. The monoisotopic (exact) mass is 380 g/mol. The summed E-state index contributed by atoms with van der Waals surface area (Å²) in [5, 5.41) is 0. The summed E-state index contributed by atoms with van der Waals surface area (Å²) in [6.45, 7) is 3.37. The molecule has 1 aliphatic heterocycles. The number of primary amides is 1. The molecular formula is C23H28N2O3. The first kappa shape index (κ1) is 20.1. The van der Waals surface area contributed by atoms with Gasteiger partial charge in [-0.15, -0.1) is 0 Å². The molecule has 0 spiro atoms. The van der Waals surface area contributed by atoms with Gasteiger partial charge in [0.2, 0.25) is 11.8 Å². The lowest BCUT2D eigenvalue weighted by molar-refractivity contribution is -0.132. The summed E-state index contributed by atoms with van der Waals surface area (Å²) in [6, 6.07) is 16.5. The Labute approximate surface area is 166 Å². The number of hydrogen-bond acceptors (Lipinski definition) is 3. The first-order valence-electron chi connectivity index (χ1n) is 9.67. The van der Waals surface area contributed by atoms with Crippen molar-refractivity contribution in [3.8, 4) is 11.1 Å². The van der Waals surface area contributed by atoms with Gasteiger partial charge in [-0.25, -0.2) is 0 Å². The van der Waals surface area contributed by atoms with Gasteiger partial charge in [0, 0.05) is 20.2 Å². The number of carbonyl (C=O) groups excluding carboxylic acids is 2. The van der Waals surface area contributed by atoms with Crippen LogP contribution in [0.15, 0.2) is 48.5 Å². The van der Waals surface area contributed by atoms with Crippen LogP contribution in [0.25, 0.3) is 11.1 Å². The van der Waals surface area contributed by atoms with Gasteiger partial charge in [0.25, 0.3) is 0 Å². The van der Waals surface area contributed by atoms with E-state index in [4.69, 9.17) is 10.5 Å². The van der Waals surface area contributed by atoms with Crippen LogP contribution in [0.1, 0.15) is 24.0 Å². The van der Waals surface area contributed by atoms with Crippen LogP contribution < -0.4 is 5.73 Å². The number of benzene rings is 2. The number of carbonyl (C=O) groups is 2. The van der Waals surface area contributed by atoms with E-state index in [0.717, 1.165) is 16.7 Å². The number of rotatable bonds is 7. The number of nitrogens with two attached hydrogens (primary N) is 1. The summed E-state index contributed by atoms with van der Waals surface area (Å²) in [5.41, 5.74) is 9.62. The number of hydrogen-bond donors (Lipinski definition) is 1. The number of aryl methyl sites for hydroxylation is 1. The fourth-order valence-electron chi connectivity index (χ4n) is 4.00. The average molecular weight is 380 g/mol. The predicted molar refractivity (Wildman–Crippen MR) is 110 cm³/mol. The molecule has 0 aromatic heterocycles. The zero-order valence-corrected chi connectivity index (χ0v) is 16.6. The Morgan fingerprint density at radius 3 is 2.68 bits per heavy atom. The van der Waals surface area contributed by atoms with Crippen molar-refractivity contribution < 1.29 is 14.3 Å². The molecule has 2 aromatic rings. The van der Waals surface area contributed by atoms with Gasteiger partial charge < -0.3 is 15.4 Å². The van der Waals surface area contributed by atoms with Crippen LogP contribution in [0.3, 0.4) is 0 Å². The molecule has 5 nitrogen and oxygen atoms in total. The third-order valence-electron chi connectivity index (χ3n) is 5.62. The number of amides is 2. The zero-order valence-electron chi connectivity index (χ0n) is 16.6. The van der Waals surface area contributed by atoms with Crippen LogP contribution in [0.2, 0.25) is 0 Å². The van der Waals surface area contributed by atoms with Crippen molar-refractivity contribution in [2.75, 3.05) is 26.8 Å². The Morgan fingerprint density at radius 2 is 1.96 bits per heavy atom. The molecule has 0 aliphatic carbocycles. The second-order valence-electron chi connectivity index (χ2n) is 7.66. The molecule has 1 heterocycles. The molecule has 1 aliphatic rings. The van der Waals surface area contributed by atoms with E-state index in [0.29, 0.717) is 39.0 Å². The first-order valence-corrected chi connectivity index (χ1v) is 9.67. The van der Waals surface area contributed by atoms with Crippen molar-refractivity contribution in [1.82, 2.24) is 4.90 Å². The van der Waals surface area contributed by atoms with Crippen LogP contribution >= 0.6 is 0 Å². The molecular weight excluding hydrogens is 352 g/mol. The molecule has 3 rings (SSSR count). The molecule has 5 heteroatoms. The Hall–Kier alpha value is -2.66. The molecule has 28 heavy (non-hydrogen) atoms. The molecule has 0 radical (unpaired) electrons. The van der Waals surface area contributed by atoms with Gasteiger partial charge in [-0.3, -0.25) is 9.59 Å². The molecule has 1 unspecified atom stereocenters. The smallest absolute Gasteiger partial charge is 0.225 e. The summed E-state index contributed by atoms with van der Waals surface area (Å²) >= 11 is 0. The van der Waals surface area contributed by atoms with Crippen molar-refractivity contribution in [3.63, 3.8) is 0 Å². The minimum Gasteiger partial charge on any atom is -0.384 e. The summed E-state index contributed by atoms with van der Waals surface area (Å²) in [5.74, 6) is -0.328. The van der Waals surface area contributed by atoms with Gasteiger partial charge >= 0.3 is 0 Å². The van der Waals surface area contributed by atoms with E-state index in [1.165, 1.54) is 5.56 Å². The van der Waals surface area contributed by atoms with Gasteiger partial charge in [-0.2, -0.15) is 0 Å². The third-order valence-corrected chi connectivity index (χ3v) is 5.62. The van der Waals surface area contributed by atoms with E-state index in [2.05, 4.69) is 37.3 Å². The Morgan fingerprint density at radius 1 is 1.18 bits per heavy atom. The topological polar surface area (TPSA) is 72.6 Å². The van der Waals surface area contributed by atoms with Crippen LogP contribution in [-0.2, 0) is 20.7 Å². The molecule has 2 amide bonds. The molecule has 0 saturated carbocycles. The third kappa shape index (κ3) is 4.25. The van der Waals surface area contributed by atoms with Crippen molar-refractivity contribution >= 4 is 11.8 Å². The van der Waals surface area contributed by atoms with E-state index in [9.17, 15) is 9.59 Å². The molecule has 0 bridgehead atoms. The highest BCUT2D eigenvalue weighted by Crippen LogP contribution is 2.37. The lowest BCUT2D eigenvalue weighted by Gasteiger charge is -2.27. The highest BCUT2D eigenvalue weighted by molar-refractivity contribution is 5.85. The van der Waals surface area contributed by atoms with Crippen LogP contribution in [-0.4, -0.2) is 43.5 Å². The first-order chi connectivity index (χ1) is 13.4. The normalized spacial score (nSPS) is 19.0. The lowest BCUT2D eigenvalue weighted by Crippen LogP contribution is -2.42. The summed E-state index contributed by atoms with van der Waals surface area (Å²) in [7, 11) is 1.58. The largest absolute Gasteiger partial charge is 0.384 e. The molecule has 1 saturated heterocycles. The standard InChI is InChI=1S/C23H28N2O3/c1-17-6-5-8-18(14-17)20-9-4-3-7-19(20)15-23(22(24)27)11-12-25(16-23)21(26)10-13-28-2/h3-9,14H,10-13,15-16H2,1-2H3,(H2,24,27). The summed E-state index contributed by atoms with van der Waals surface area (Å²) < 4.78 is 5.00. The fraction of sp³-hybridized carbons (Fsp3) is 0.391. The Kier molecular flexibility index (Phi) is 6.15. The number of nitrogens with zero attached hydrogens (tertiary/aromatic N) is 1. The summed E-state index contributed by atoms with van der Waals surface area (Å²) in [6.07, 6.45) is 1.44. The maximum absolute atomic E-state index is 12.5. The second kappa shape index (κ2) is 8.57. The average Bonchev–Trinajstić information content (AvgIpc) is 3.12. The van der Waals surface area contributed by atoms with Gasteiger partial charge in [-0.05, 0) is 36.5 Å². The molecule has 1 fully saturated rings. The van der Waals surface area contributed by atoms with Crippen molar-refractivity contribution in [2.45, 2.75) is 26.2 Å². The van der Waals surface area contributed by atoms with E-state index in [1.807, 2.05) is 18.2 Å². The van der Waals surface area contributed by atoms with Crippen molar-refractivity contribution in [3.05, 3.63) is 59.7 Å². The maximum atomic E-state index is 12.5. The highest BCUT2D eigenvalue weighted by Gasteiger charge is 2.44. The quantitative estimate of drug-likeness (QED) is 0.803. The SMILES string of the molecule is COCCC(=O)N1CCC(Cc2ccccc2-c2cccc(C)c2)(C(N)=O)C1. The molecule has 148 valence electrons. The minimum atomic E-state index is -0.733. The van der Waals surface area contributed by atoms with Crippen LogP contribution in [0.5, 0.6) is 0 Å². The van der Waals surface area contributed by atoms with E-state index in [-0.39, 0.29) is 11.8 Å². The van der Waals surface area contributed by atoms with Crippen LogP contribution in [0.4, 0.5) is 0 Å². The lowest BCUT2D eigenvalue weighted by atomic mass is 9.78. The van der Waals surface area contributed by atoms with E-state index < -0.39 is 5.41 Å². The zero-order chi connectivity index (χ0) is 20.1. The van der Waals surface area contributed by atoms with E-state index >= 15 is 0 Å². The van der Waals surface area contributed by atoms with Crippen molar-refractivity contribution in [2.24, 2.45) is 11.1 Å². The van der Waals surface area contributed by atoms with Crippen LogP contribution in [0, 0.1) is 12.3 Å². The fourth-order valence-corrected chi connectivity index (χ4v) is 4.00. The highest BCUT2D eigenvalue weighted by atomic mass is 16.5. The molecule has 2 aromatic carbocycles. The number of methoxy groups -OCH3 is 1. The van der Waals surface area contributed by atoms with Gasteiger partial charge in [0.15, 0.2) is 0 Å². The molecule has 1 atom stereocenters. The van der Waals surface area contributed by atoms with Gasteiger partial charge in [0.05, 0.1) is 18.4 Å². The maximum Gasteiger partial charge on any atom is 0.225 e. The number of likely N-dealkylation sites (tertiary alicyclic amines) is 1. The Balaban J connectivity index is 1.87. The molecule has 2 N–H and O–H groups in total. The van der Waals surface area contributed by atoms with E-state index in [1.54, 1.807) is 12.0 Å². The second-order valence-corrected chi connectivity index (χ2v) is 7.66. The number of ether oxygens (including phenoxy) is 1. The minimum absolute atomic E-state index is 0.0111.